The number of amides is 2. The van der Waals surface area contributed by atoms with E-state index in [2.05, 4.69) is 6.58 Å². The Bertz CT molecular complexity index is 1250. The number of carbonyl (C=O) groups is 3. The fourth-order valence-electron chi connectivity index (χ4n) is 5.10. The fraction of sp³-hybridized carbons (Fsp3) is 0.345. The highest BCUT2D eigenvalue weighted by Gasteiger charge is 2.66. The number of anilines is 1. The van der Waals surface area contributed by atoms with Gasteiger partial charge in [0.1, 0.15) is 11.5 Å². The van der Waals surface area contributed by atoms with Crippen molar-refractivity contribution in [1.82, 2.24) is 9.80 Å². The molecule has 1 spiro atoms. The van der Waals surface area contributed by atoms with Gasteiger partial charge in [0.2, 0.25) is 0 Å². The van der Waals surface area contributed by atoms with E-state index in [1.807, 2.05) is 25.9 Å². The first-order valence-corrected chi connectivity index (χ1v) is 12.5. The Morgan fingerprint density at radius 1 is 1.11 bits per heavy atom. The molecule has 2 aromatic carbocycles. The number of likely N-dealkylation sites (tertiary alicyclic amines) is 1. The summed E-state index contributed by atoms with van der Waals surface area (Å²) in [5.41, 5.74) is -0.575. The number of para-hydroxylation sites is 1. The molecule has 2 heterocycles. The lowest BCUT2D eigenvalue weighted by molar-refractivity contribution is -0.143. The van der Waals surface area contributed by atoms with Crippen LogP contribution in [-0.2, 0) is 19.9 Å². The van der Waals surface area contributed by atoms with Crippen LogP contribution in [0, 0.1) is 0 Å². The van der Waals surface area contributed by atoms with Crippen LogP contribution in [0.1, 0.15) is 30.9 Å². The van der Waals surface area contributed by atoms with Crippen molar-refractivity contribution in [3.05, 3.63) is 77.9 Å². The van der Waals surface area contributed by atoms with Crippen molar-refractivity contribution in [2.24, 2.45) is 0 Å². The minimum Gasteiger partial charge on any atom is -0.507 e. The zero-order valence-electron chi connectivity index (χ0n) is 21.6. The number of carbonyl (C=O) groups excluding carboxylic acids is 3. The van der Waals surface area contributed by atoms with Gasteiger partial charge in [-0.25, -0.2) is 0 Å². The standard InChI is InChI=1S/C29H33N3O5/c1-5-16-31-23-11-8-7-10-22(23)29(28(31)36)24(26(34)27(35)32(29)18-9-17-30(3)4)25(33)20-12-14-21(15-13-20)37-19-6-2/h5,7-8,10-15,33H,1,6,9,16-19H2,2-4H3/b25-24-. The van der Waals surface area contributed by atoms with Crippen molar-refractivity contribution >= 4 is 29.0 Å². The van der Waals surface area contributed by atoms with Crippen molar-refractivity contribution in [1.29, 1.82) is 0 Å². The van der Waals surface area contributed by atoms with Crippen LogP contribution in [-0.4, -0.2) is 72.8 Å². The molecule has 8 heteroatoms. The van der Waals surface area contributed by atoms with Gasteiger partial charge < -0.3 is 24.5 Å². The molecule has 0 radical (unpaired) electrons. The first-order chi connectivity index (χ1) is 17.8. The highest BCUT2D eigenvalue weighted by Crippen LogP contribution is 2.53. The summed E-state index contributed by atoms with van der Waals surface area (Å²) in [5, 5.41) is 11.5. The molecule has 0 saturated carbocycles. The van der Waals surface area contributed by atoms with E-state index in [4.69, 9.17) is 4.74 Å². The molecule has 0 aromatic heterocycles. The van der Waals surface area contributed by atoms with Crippen LogP contribution in [0.3, 0.4) is 0 Å². The minimum atomic E-state index is -1.76. The summed E-state index contributed by atoms with van der Waals surface area (Å²) in [7, 11) is 3.83. The van der Waals surface area contributed by atoms with Gasteiger partial charge >= 0.3 is 0 Å². The molecule has 0 bridgehead atoms. The van der Waals surface area contributed by atoms with Gasteiger partial charge in [0.05, 0.1) is 17.9 Å². The average Bonchev–Trinajstić information content (AvgIpc) is 3.26. The lowest BCUT2D eigenvalue weighted by Crippen LogP contribution is -2.52. The second-order valence-corrected chi connectivity index (χ2v) is 9.47. The van der Waals surface area contributed by atoms with E-state index < -0.39 is 23.1 Å². The number of benzene rings is 2. The zero-order chi connectivity index (χ0) is 26.7. The molecule has 1 N–H and O–H groups in total. The highest BCUT2D eigenvalue weighted by molar-refractivity contribution is 6.50. The molecule has 2 aliphatic rings. The monoisotopic (exact) mass is 503 g/mol. The van der Waals surface area contributed by atoms with E-state index in [1.165, 1.54) is 9.80 Å². The molecular weight excluding hydrogens is 470 g/mol. The third kappa shape index (κ3) is 4.31. The Hall–Kier alpha value is -3.91. The normalized spacial score (nSPS) is 20.3. The van der Waals surface area contributed by atoms with E-state index >= 15 is 0 Å². The summed E-state index contributed by atoms with van der Waals surface area (Å²) in [6.45, 7) is 7.36. The smallest absolute Gasteiger partial charge is 0.296 e. The Kier molecular flexibility index (Phi) is 7.50. The van der Waals surface area contributed by atoms with E-state index in [-0.39, 0.29) is 24.4 Å². The molecule has 1 atom stereocenters. The maximum Gasteiger partial charge on any atom is 0.296 e. The number of aliphatic hydroxyl groups is 1. The summed E-state index contributed by atoms with van der Waals surface area (Å²) >= 11 is 0. The van der Waals surface area contributed by atoms with Crippen LogP contribution in [0.5, 0.6) is 5.75 Å². The first-order valence-electron chi connectivity index (χ1n) is 12.5. The average molecular weight is 504 g/mol. The molecule has 4 rings (SSSR count). The summed E-state index contributed by atoms with van der Waals surface area (Å²) in [5.74, 6) is -1.90. The van der Waals surface area contributed by atoms with E-state index in [0.717, 1.165) is 6.42 Å². The maximum atomic E-state index is 14.2. The first kappa shape index (κ1) is 26.2. The molecule has 1 unspecified atom stereocenters. The molecule has 8 nitrogen and oxygen atoms in total. The molecule has 0 aliphatic carbocycles. The quantitative estimate of drug-likeness (QED) is 0.231. The summed E-state index contributed by atoms with van der Waals surface area (Å²) in [4.78, 5) is 46.1. The maximum absolute atomic E-state index is 14.2. The highest BCUT2D eigenvalue weighted by atomic mass is 16.5. The van der Waals surface area contributed by atoms with Crippen LogP contribution in [0.2, 0.25) is 0 Å². The third-order valence-electron chi connectivity index (χ3n) is 6.71. The predicted molar refractivity (Wildman–Crippen MR) is 142 cm³/mol. The van der Waals surface area contributed by atoms with Gasteiger partial charge in [-0.05, 0) is 63.8 Å². The molecule has 2 aliphatic heterocycles. The van der Waals surface area contributed by atoms with Gasteiger partial charge in [0.15, 0.2) is 5.54 Å². The van der Waals surface area contributed by atoms with Crippen LogP contribution in [0.25, 0.3) is 5.76 Å². The van der Waals surface area contributed by atoms with Crippen molar-refractivity contribution in [3.63, 3.8) is 0 Å². The number of ketones is 1. The van der Waals surface area contributed by atoms with E-state index in [0.29, 0.717) is 42.1 Å². The van der Waals surface area contributed by atoms with Crippen LogP contribution >= 0.6 is 0 Å². The number of ether oxygens (including phenoxy) is 1. The third-order valence-corrected chi connectivity index (χ3v) is 6.71. The zero-order valence-corrected chi connectivity index (χ0v) is 21.6. The van der Waals surface area contributed by atoms with E-state index in [1.54, 1.807) is 54.6 Å². The van der Waals surface area contributed by atoms with Gasteiger partial charge in [-0.2, -0.15) is 0 Å². The molecule has 2 aromatic rings. The summed E-state index contributed by atoms with van der Waals surface area (Å²) < 4.78 is 5.63. The largest absolute Gasteiger partial charge is 0.507 e. The number of aliphatic hydroxyl groups excluding tert-OH is 1. The van der Waals surface area contributed by atoms with Crippen LogP contribution in [0.4, 0.5) is 5.69 Å². The molecule has 1 saturated heterocycles. The van der Waals surface area contributed by atoms with Gasteiger partial charge in [0.25, 0.3) is 17.6 Å². The lowest BCUT2D eigenvalue weighted by Gasteiger charge is -2.34. The molecule has 194 valence electrons. The second-order valence-electron chi connectivity index (χ2n) is 9.47. The Balaban J connectivity index is 1.92. The Morgan fingerprint density at radius 3 is 2.46 bits per heavy atom. The van der Waals surface area contributed by atoms with E-state index in [9.17, 15) is 19.5 Å². The van der Waals surface area contributed by atoms with Gasteiger partial charge in [-0.3, -0.25) is 14.4 Å². The van der Waals surface area contributed by atoms with Crippen molar-refractivity contribution < 1.29 is 24.2 Å². The van der Waals surface area contributed by atoms with Crippen molar-refractivity contribution in [2.45, 2.75) is 25.3 Å². The van der Waals surface area contributed by atoms with Gasteiger partial charge in [-0.15, -0.1) is 6.58 Å². The van der Waals surface area contributed by atoms with Gasteiger partial charge in [-0.1, -0.05) is 31.2 Å². The van der Waals surface area contributed by atoms with Crippen LogP contribution in [0.15, 0.2) is 66.8 Å². The molecule has 1 fully saturated rings. The SMILES string of the molecule is C=CCN1C(=O)C2(/C(=C(\O)c3ccc(OCCC)cc3)C(=O)C(=O)N2CCCN(C)C)c2ccccc21. The second kappa shape index (κ2) is 10.6. The fourth-order valence-corrected chi connectivity index (χ4v) is 5.10. The van der Waals surface area contributed by atoms with Crippen molar-refractivity contribution in [2.75, 3.05) is 45.2 Å². The number of Topliss-reactive ketones (excluding diaryl/α,β-unsaturated/α-hetero) is 1. The number of hydrogen-bond acceptors (Lipinski definition) is 6. The number of rotatable bonds is 10. The lowest BCUT2D eigenvalue weighted by atomic mass is 9.82. The Labute approximate surface area is 217 Å². The number of nitrogens with zero attached hydrogens (tertiary/aromatic N) is 3. The predicted octanol–water partition coefficient (Wildman–Crippen LogP) is 3.54. The topological polar surface area (TPSA) is 90.4 Å². The van der Waals surface area contributed by atoms with Crippen molar-refractivity contribution in [3.8, 4) is 5.75 Å². The molecule has 2 amide bonds. The van der Waals surface area contributed by atoms with Gasteiger partial charge in [0, 0.05) is 24.2 Å². The Morgan fingerprint density at radius 2 is 1.81 bits per heavy atom. The number of hydrogen-bond donors (Lipinski definition) is 1. The molecular formula is C29H33N3O5. The summed E-state index contributed by atoms with van der Waals surface area (Å²) in [6, 6.07) is 13.7. The number of fused-ring (bicyclic) bond motifs is 2. The minimum absolute atomic E-state index is 0.172. The molecule has 37 heavy (non-hydrogen) atoms. The summed E-state index contributed by atoms with van der Waals surface area (Å²) in [6.07, 6.45) is 2.99. The van der Waals surface area contributed by atoms with Crippen LogP contribution < -0.4 is 9.64 Å².